The zero-order valence-corrected chi connectivity index (χ0v) is 12.8. The number of thioether (sulfide) groups is 1. The van der Waals surface area contributed by atoms with E-state index >= 15 is 0 Å². The maximum atomic E-state index is 10.5. The lowest BCUT2D eigenvalue weighted by Crippen LogP contribution is -2.45. The molecule has 1 aliphatic rings. The lowest BCUT2D eigenvalue weighted by atomic mass is 10.1. The minimum atomic E-state index is -0.467. The Kier molecular flexibility index (Phi) is 5.98. The second-order valence-electron chi connectivity index (χ2n) is 4.68. The number of nitrogens with zero attached hydrogens (tertiary/aromatic N) is 1. The van der Waals surface area contributed by atoms with Gasteiger partial charge in [0.05, 0.1) is 6.10 Å². The highest BCUT2D eigenvalue weighted by Crippen LogP contribution is 2.30. The van der Waals surface area contributed by atoms with Crippen molar-refractivity contribution in [2.45, 2.75) is 17.9 Å². The molecular formula is C14H21ClN2OS. The van der Waals surface area contributed by atoms with Gasteiger partial charge in [-0.2, -0.15) is 0 Å². The molecule has 0 saturated carbocycles. The van der Waals surface area contributed by atoms with Gasteiger partial charge in [0.25, 0.3) is 0 Å². The highest BCUT2D eigenvalue weighted by atomic mass is 35.5. The molecule has 0 aromatic heterocycles. The average Bonchev–Trinajstić information content (AvgIpc) is 2.42. The van der Waals surface area contributed by atoms with E-state index in [9.17, 15) is 5.11 Å². The number of β-amino-alcohol motifs (C(OH)–C–C–N with tert-alkyl or cyclic N) is 1. The third kappa shape index (κ3) is 4.36. The van der Waals surface area contributed by atoms with Crippen molar-refractivity contribution in [3.05, 3.63) is 28.8 Å². The van der Waals surface area contributed by atoms with E-state index in [1.54, 1.807) is 11.8 Å². The number of hydrogen-bond acceptors (Lipinski definition) is 4. The Morgan fingerprint density at radius 2 is 2.16 bits per heavy atom. The van der Waals surface area contributed by atoms with Crippen LogP contribution in [0.15, 0.2) is 23.1 Å². The number of rotatable bonds is 5. The van der Waals surface area contributed by atoms with E-state index < -0.39 is 6.10 Å². The Morgan fingerprint density at radius 1 is 1.42 bits per heavy atom. The molecule has 0 amide bonds. The van der Waals surface area contributed by atoms with Crippen LogP contribution in [0.4, 0.5) is 0 Å². The predicted molar refractivity (Wildman–Crippen MR) is 82.1 cm³/mol. The molecule has 106 valence electrons. The maximum absolute atomic E-state index is 10.5. The second-order valence-corrected chi connectivity index (χ2v) is 6.42. The van der Waals surface area contributed by atoms with Gasteiger partial charge in [-0.15, -0.1) is 11.8 Å². The van der Waals surface area contributed by atoms with E-state index in [4.69, 9.17) is 11.6 Å². The molecule has 1 aromatic carbocycles. The molecule has 0 radical (unpaired) electrons. The number of nitrogens with one attached hydrogen (secondary N) is 1. The zero-order chi connectivity index (χ0) is 13.7. The van der Waals surface area contributed by atoms with Gasteiger partial charge in [0.2, 0.25) is 0 Å². The summed E-state index contributed by atoms with van der Waals surface area (Å²) < 4.78 is 0. The van der Waals surface area contributed by atoms with Crippen molar-refractivity contribution < 1.29 is 5.11 Å². The monoisotopic (exact) mass is 300 g/mol. The van der Waals surface area contributed by atoms with Crippen LogP contribution >= 0.6 is 23.4 Å². The van der Waals surface area contributed by atoms with Crippen LogP contribution in [0.5, 0.6) is 0 Å². The Balaban J connectivity index is 2.07. The first-order valence-electron chi connectivity index (χ1n) is 6.74. The Morgan fingerprint density at radius 3 is 2.84 bits per heavy atom. The summed E-state index contributed by atoms with van der Waals surface area (Å²) >= 11 is 7.81. The number of halogens is 1. The first-order chi connectivity index (χ1) is 9.20. The van der Waals surface area contributed by atoms with Crippen LogP contribution in [-0.4, -0.2) is 48.5 Å². The molecule has 3 nitrogen and oxygen atoms in total. The third-order valence-electron chi connectivity index (χ3n) is 3.27. The van der Waals surface area contributed by atoms with Gasteiger partial charge in [0, 0.05) is 42.6 Å². The van der Waals surface area contributed by atoms with Gasteiger partial charge in [-0.1, -0.05) is 18.5 Å². The standard InChI is InChI=1S/C14H21ClN2OS/c1-2-19-14-4-3-11(15)9-12(14)13(18)10-17-7-5-16-6-8-17/h3-4,9,13,16,18H,2,5-8,10H2,1H3. The van der Waals surface area contributed by atoms with E-state index in [-0.39, 0.29) is 0 Å². The van der Waals surface area contributed by atoms with Crippen LogP contribution in [0, 0.1) is 0 Å². The van der Waals surface area contributed by atoms with Gasteiger partial charge in [0.1, 0.15) is 0 Å². The molecule has 1 heterocycles. The quantitative estimate of drug-likeness (QED) is 0.819. The summed E-state index contributed by atoms with van der Waals surface area (Å²) in [4.78, 5) is 3.43. The molecule has 2 rings (SSSR count). The molecular weight excluding hydrogens is 280 g/mol. The van der Waals surface area contributed by atoms with E-state index in [0.29, 0.717) is 11.6 Å². The summed E-state index contributed by atoms with van der Waals surface area (Å²) in [5.41, 5.74) is 0.956. The molecule has 1 atom stereocenters. The highest BCUT2D eigenvalue weighted by molar-refractivity contribution is 7.99. The normalized spacial score (nSPS) is 18.5. The summed E-state index contributed by atoms with van der Waals surface area (Å²) in [6, 6.07) is 5.79. The van der Waals surface area contributed by atoms with Crippen molar-refractivity contribution >= 4 is 23.4 Å². The molecule has 1 aromatic rings. The molecule has 1 fully saturated rings. The summed E-state index contributed by atoms with van der Waals surface area (Å²) in [5, 5.41) is 14.5. The number of aliphatic hydroxyl groups excluding tert-OH is 1. The highest BCUT2D eigenvalue weighted by Gasteiger charge is 2.18. The van der Waals surface area contributed by atoms with Crippen LogP contribution in [0.25, 0.3) is 0 Å². The van der Waals surface area contributed by atoms with Crippen molar-refractivity contribution in [1.82, 2.24) is 10.2 Å². The van der Waals surface area contributed by atoms with Crippen molar-refractivity contribution in [3.63, 3.8) is 0 Å². The van der Waals surface area contributed by atoms with Gasteiger partial charge in [-0.05, 0) is 29.5 Å². The maximum Gasteiger partial charge on any atom is 0.0928 e. The molecule has 0 spiro atoms. The van der Waals surface area contributed by atoms with Crippen LogP contribution in [-0.2, 0) is 0 Å². The van der Waals surface area contributed by atoms with Crippen LogP contribution < -0.4 is 5.32 Å². The molecule has 1 saturated heterocycles. The fourth-order valence-electron chi connectivity index (χ4n) is 2.30. The molecule has 19 heavy (non-hydrogen) atoms. The van der Waals surface area contributed by atoms with Crippen LogP contribution in [0.3, 0.4) is 0 Å². The minimum absolute atomic E-state index is 0.467. The van der Waals surface area contributed by atoms with Gasteiger partial charge >= 0.3 is 0 Å². The third-order valence-corrected chi connectivity index (χ3v) is 4.48. The van der Waals surface area contributed by atoms with E-state index in [1.807, 2.05) is 18.2 Å². The van der Waals surface area contributed by atoms with E-state index in [0.717, 1.165) is 42.4 Å². The predicted octanol–water partition coefficient (Wildman–Crippen LogP) is 2.39. The van der Waals surface area contributed by atoms with Crippen molar-refractivity contribution in [2.24, 2.45) is 0 Å². The largest absolute Gasteiger partial charge is 0.387 e. The zero-order valence-electron chi connectivity index (χ0n) is 11.2. The van der Waals surface area contributed by atoms with Crippen LogP contribution in [0.2, 0.25) is 5.02 Å². The number of hydrogen-bond donors (Lipinski definition) is 2. The molecule has 1 unspecified atom stereocenters. The number of benzene rings is 1. The van der Waals surface area contributed by atoms with Gasteiger partial charge < -0.3 is 10.4 Å². The first kappa shape index (κ1) is 15.1. The summed E-state index contributed by atoms with van der Waals surface area (Å²) in [7, 11) is 0. The number of aliphatic hydroxyl groups is 1. The van der Waals surface area contributed by atoms with Crippen molar-refractivity contribution in [1.29, 1.82) is 0 Å². The topological polar surface area (TPSA) is 35.5 Å². The van der Waals surface area contributed by atoms with E-state index in [2.05, 4.69) is 17.1 Å². The molecule has 1 aliphatic heterocycles. The summed E-state index contributed by atoms with van der Waals surface area (Å²) in [6.45, 7) is 6.78. The van der Waals surface area contributed by atoms with Gasteiger partial charge in [0.15, 0.2) is 0 Å². The minimum Gasteiger partial charge on any atom is -0.387 e. The lowest BCUT2D eigenvalue weighted by Gasteiger charge is -2.29. The smallest absolute Gasteiger partial charge is 0.0928 e. The fourth-order valence-corrected chi connectivity index (χ4v) is 3.32. The summed E-state index contributed by atoms with van der Waals surface area (Å²) in [6.07, 6.45) is -0.467. The lowest BCUT2D eigenvalue weighted by molar-refractivity contribution is 0.104. The Labute approximate surface area is 124 Å². The van der Waals surface area contributed by atoms with E-state index in [1.165, 1.54) is 0 Å². The van der Waals surface area contributed by atoms with Gasteiger partial charge in [-0.25, -0.2) is 0 Å². The first-order valence-corrected chi connectivity index (χ1v) is 8.10. The average molecular weight is 301 g/mol. The molecule has 5 heteroatoms. The second kappa shape index (κ2) is 7.50. The molecule has 0 bridgehead atoms. The Hall–Kier alpha value is -0.260. The Bertz CT molecular complexity index is 410. The van der Waals surface area contributed by atoms with Crippen LogP contribution in [0.1, 0.15) is 18.6 Å². The van der Waals surface area contributed by atoms with Crippen molar-refractivity contribution in [2.75, 3.05) is 38.5 Å². The summed E-state index contributed by atoms with van der Waals surface area (Å²) in [5.74, 6) is 0.995. The van der Waals surface area contributed by atoms with Gasteiger partial charge in [-0.3, -0.25) is 4.90 Å². The molecule has 2 N–H and O–H groups in total. The molecule has 0 aliphatic carbocycles. The SMILES string of the molecule is CCSc1ccc(Cl)cc1C(O)CN1CCNCC1. The fraction of sp³-hybridized carbons (Fsp3) is 0.571. The number of piperazine rings is 1. The van der Waals surface area contributed by atoms with Crippen molar-refractivity contribution in [3.8, 4) is 0 Å².